The minimum Gasteiger partial charge on any atom is -0.381 e. The van der Waals surface area contributed by atoms with E-state index >= 15 is 0 Å². The standard InChI is InChI=1S/C13H17N/c1-2-6-10-11-7-4-5-9-13(11)14-12(10)8-3-1/h4-5,7,9-10,12,14H,1-3,6,8H2/t10-,12+/m0/s1. The monoisotopic (exact) mass is 187 g/mol. The van der Waals surface area contributed by atoms with Gasteiger partial charge in [0.25, 0.3) is 0 Å². The highest BCUT2D eigenvalue weighted by molar-refractivity contribution is 5.59. The van der Waals surface area contributed by atoms with Crippen LogP contribution in [0, 0.1) is 0 Å². The van der Waals surface area contributed by atoms with E-state index in [-0.39, 0.29) is 0 Å². The van der Waals surface area contributed by atoms with E-state index in [0.717, 1.165) is 12.0 Å². The summed E-state index contributed by atoms with van der Waals surface area (Å²) in [6, 6.07) is 9.57. The van der Waals surface area contributed by atoms with Gasteiger partial charge in [0.2, 0.25) is 0 Å². The lowest BCUT2D eigenvalue weighted by molar-refractivity contribution is 0.562. The van der Waals surface area contributed by atoms with Crippen molar-refractivity contribution in [1.82, 2.24) is 0 Å². The molecule has 0 unspecified atom stereocenters. The van der Waals surface area contributed by atoms with Crippen molar-refractivity contribution in [2.45, 2.75) is 44.1 Å². The average molecular weight is 187 g/mol. The molecule has 0 bridgehead atoms. The largest absolute Gasteiger partial charge is 0.381 e. The number of fused-ring (bicyclic) bond motifs is 3. The van der Waals surface area contributed by atoms with E-state index in [9.17, 15) is 0 Å². The first kappa shape index (κ1) is 8.34. The van der Waals surface area contributed by atoms with Gasteiger partial charge < -0.3 is 5.32 Å². The predicted molar refractivity (Wildman–Crippen MR) is 59.7 cm³/mol. The summed E-state index contributed by atoms with van der Waals surface area (Å²) in [5.74, 6) is 0.800. The molecule has 2 aliphatic rings. The summed E-state index contributed by atoms with van der Waals surface area (Å²) >= 11 is 0. The van der Waals surface area contributed by atoms with Crippen molar-refractivity contribution in [2.75, 3.05) is 5.32 Å². The Balaban J connectivity index is 1.96. The number of hydrogen-bond acceptors (Lipinski definition) is 1. The summed E-state index contributed by atoms with van der Waals surface area (Å²) in [6.45, 7) is 0. The second-order valence-electron chi connectivity index (χ2n) is 4.58. The molecule has 74 valence electrons. The van der Waals surface area contributed by atoms with Crippen molar-refractivity contribution in [3.05, 3.63) is 29.8 Å². The summed E-state index contributed by atoms with van der Waals surface area (Å²) < 4.78 is 0. The van der Waals surface area contributed by atoms with Gasteiger partial charge in [0.1, 0.15) is 0 Å². The van der Waals surface area contributed by atoms with E-state index in [2.05, 4.69) is 29.6 Å². The molecule has 0 radical (unpaired) electrons. The molecule has 1 aliphatic heterocycles. The quantitative estimate of drug-likeness (QED) is 0.655. The van der Waals surface area contributed by atoms with Crippen LogP contribution >= 0.6 is 0 Å². The van der Waals surface area contributed by atoms with Crippen molar-refractivity contribution < 1.29 is 0 Å². The van der Waals surface area contributed by atoms with E-state index in [4.69, 9.17) is 0 Å². The maximum atomic E-state index is 3.68. The molecule has 1 aromatic rings. The molecule has 1 saturated carbocycles. The lowest BCUT2D eigenvalue weighted by Gasteiger charge is -2.16. The van der Waals surface area contributed by atoms with Crippen molar-refractivity contribution in [2.24, 2.45) is 0 Å². The SMILES string of the molecule is c1ccc2c(c1)N[C@@H]1CCCCC[C@@H]21. The molecule has 2 atom stereocenters. The normalized spacial score (nSPS) is 30.0. The van der Waals surface area contributed by atoms with E-state index in [1.165, 1.54) is 37.8 Å². The number of rotatable bonds is 0. The Kier molecular flexibility index (Phi) is 1.97. The van der Waals surface area contributed by atoms with Crippen LogP contribution < -0.4 is 5.32 Å². The van der Waals surface area contributed by atoms with Crippen LogP contribution in [0.3, 0.4) is 0 Å². The van der Waals surface area contributed by atoms with Crippen LogP contribution in [0.5, 0.6) is 0 Å². The number of nitrogens with one attached hydrogen (secondary N) is 1. The second kappa shape index (κ2) is 3.30. The highest BCUT2D eigenvalue weighted by atomic mass is 15.0. The fourth-order valence-electron chi connectivity index (χ4n) is 3.00. The molecule has 3 rings (SSSR count). The molecular formula is C13H17N. The molecule has 1 aromatic carbocycles. The van der Waals surface area contributed by atoms with E-state index in [1.54, 1.807) is 5.56 Å². The molecule has 1 nitrogen and oxygen atoms in total. The molecule has 0 saturated heterocycles. The molecule has 0 aromatic heterocycles. The molecule has 14 heavy (non-hydrogen) atoms. The van der Waals surface area contributed by atoms with Crippen LogP contribution in [0.2, 0.25) is 0 Å². The van der Waals surface area contributed by atoms with Crippen molar-refractivity contribution in [3.8, 4) is 0 Å². The number of hydrogen-bond donors (Lipinski definition) is 1. The first-order valence-corrected chi connectivity index (χ1v) is 5.80. The van der Waals surface area contributed by atoms with E-state index in [1.807, 2.05) is 0 Å². The van der Waals surface area contributed by atoms with Crippen molar-refractivity contribution in [1.29, 1.82) is 0 Å². The smallest absolute Gasteiger partial charge is 0.0378 e. The first-order chi connectivity index (χ1) is 6.95. The molecule has 1 heterocycles. The van der Waals surface area contributed by atoms with Crippen LogP contribution in [0.25, 0.3) is 0 Å². The van der Waals surface area contributed by atoms with Crippen molar-refractivity contribution in [3.63, 3.8) is 0 Å². The zero-order valence-electron chi connectivity index (χ0n) is 8.50. The first-order valence-electron chi connectivity index (χ1n) is 5.80. The van der Waals surface area contributed by atoms with Crippen LogP contribution in [-0.4, -0.2) is 6.04 Å². The molecule has 1 aliphatic carbocycles. The van der Waals surface area contributed by atoms with Crippen LogP contribution in [0.4, 0.5) is 5.69 Å². The minimum atomic E-state index is 0.731. The summed E-state index contributed by atoms with van der Waals surface area (Å²) in [6.07, 6.45) is 6.99. The average Bonchev–Trinajstić information content (AvgIpc) is 2.42. The minimum absolute atomic E-state index is 0.731. The van der Waals surface area contributed by atoms with Gasteiger partial charge >= 0.3 is 0 Å². The second-order valence-corrected chi connectivity index (χ2v) is 4.58. The van der Waals surface area contributed by atoms with Crippen molar-refractivity contribution >= 4 is 5.69 Å². The number of anilines is 1. The van der Waals surface area contributed by atoms with Crippen LogP contribution in [-0.2, 0) is 0 Å². The van der Waals surface area contributed by atoms with Gasteiger partial charge in [-0.25, -0.2) is 0 Å². The highest BCUT2D eigenvalue weighted by Gasteiger charge is 2.31. The maximum Gasteiger partial charge on any atom is 0.0378 e. The van der Waals surface area contributed by atoms with E-state index < -0.39 is 0 Å². The van der Waals surface area contributed by atoms with Gasteiger partial charge in [0.15, 0.2) is 0 Å². The van der Waals surface area contributed by atoms with Gasteiger partial charge in [-0.1, -0.05) is 37.5 Å². The van der Waals surface area contributed by atoms with Gasteiger partial charge in [-0.3, -0.25) is 0 Å². The van der Waals surface area contributed by atoms with Gasteiger partial charge in [0, 0.05) is 17.6 Å². The summed E-state index contributed by atoms with van der Waals surface area (Å²) in [5.41, 5.74) is 2.96. The van der Waals surface area contributed by atoms with Crippen LogP contribution in [0.15, 0.2) is 24.3 Å². The lowest BCUT2D eigenvalue weighted by atomic mass is 9.91. The predicted octanol–water partition coefficient (Wildman–Crippen LogP) is 3.53. The molecular weight excluding hydrogens is 170 g/mol. The summed E-state index contributed by atoms with van der Waals surface area (Å²) in [7, 11) is 0. The fourth-order valence-corrected chi connectivity index (χ4v) is 3.00. The Hall–Kier alpha value is -0.980. The zero-order chi connectivity index (χ0) is 9.38. The van der Waals surface area contributed by atoms with Crippen LogP contribution in [0.1, 0.15) is 43.6 Å². The Bertz CT molecular complexity index is 332. The van der Waals surface area contributed by atoms with Gasteiger partial charge in [0.05, 0.1) is 0 Å². The maximum absolute atomic E-state index is 3.68. The van der Waals surface area contributed by atoms with Gasteiger partial charge in [-0.2, -0.15) is 0 Å². The fraction of sp³-hybridized carbons (Fsp3) is 0.538. The Morgan fingerprint density at radius 3 is 2.86 bits per heavy atom. The lowest BCUT2D eigenvalue weighted by Crippen LogP contribution is -2.18. The Morgan fingerprint density at radius 1 is 1.00 bits per heavy atom. The Morgan fingerprint density at radius 2 is 1.86 bits per heavy atom. The molecule has 0 spiro atoms. The zero-order valence-corrected chi connectivity index (χ0v) is 8.50. The molecule has 0 amide bonds. The summed E-state index contributed by atoms with van der Waals surface area (Å²) in [5, 5.41) is 3.68. The summed E-state index contributed by atoms with van der Waals surface area (Å²) in [4.78, 5) is 0. The van der Waals surface area contributed by atoms with Gasteiger partial charge in [-0.15, -0.1) is 0 Å². The Labute approximate surface area is 85.5 Å². The highest BCUT2D eigenvalue weighted by Crippen LogP contribution is 2.42. The van der Waals surface area contributed by atoms with E-state index in [0.29, 0.717) is 0 Å². The topological polar surface area (TPSA) is 12.0 Å². The third kappa shape index (κ3) is 1.23. The number of para-hydroxylation sites is 1. The number of benzene rings is 1. The van der Waals surface area contributed by atoms with Gasteiger partial charge in [-0.05, 0) is 24.5 Å². The third-order valence-corrected chi connectivity index (χ3v) is 3.72. The molecule has 1 N–H and O–H groups in total. The molecule has 1 heteroatoms. The third-order valence-electron chi connectivity index (χ3n) is 3.72. The molecule has 1 fully saturated rings.